The summed E-state index contributed by atoms with van der Waals surface area (Å²) in [6.07, 6.45) is 12.9. The van der Waals surface area contributed by atoms with Crippen LogP contribution >= 0.6 is 12.6 Å². The number of anilines is 2. The molecular formula is C58H43N5S. The molecule has 0 unspecified atom stereocenters. The fraction of sp³-hybridized carbons (Fsp3) is 0.0517. The number of aromatic nitrogens is 4. The third kappa shape index (κ3) is 6.71. The molecule has 1 aliphatic heterocycles. The van der Waals surface area contributed by atoms with E-state index >= 15 is 0 Å². The van der Waals surface area contributed by atoms with Crippen molar-refractivity contribution in [3.8, 4) is 39.9 Å². The van der Waals surface area contributed by atoms with Crippen molar-refractivity contribution in [2.75, 3.05) is 11.2 Å². The van der Waals surface area contributed by atoms with E-state index < -0.39 is 0 Å². The molecule has 64 heavy (non-hydrogen) atoms. The largest absolute Gasteiger partial charge is 0.314 e. The number of rotatable bonds is 5. The van der Waals surface area contributed by atoms with Crippen LogP contribution in [0.4, 0.5) is 11.4 Å². The summed E-state index contributed by atoms with van der Waals surface area (Å²) in [5, 5.41) is 7.84. The van der Waals surface area contributed by atoms with E-state index in [-0.39, 0.29) is 0 Å². The van der Waals surface area contributed by atoms with Crippen molar-refractivity contribution < 1.29 is 0 Å². The summed E-state index contributed by atoms with van der Waals surface area (Å²) < 4.78 is 2.42. The zero-order valence-electron chi connectivity index (χ0n) is 35.4. The van der Waals surface area contributed by atoms with E-state index in [9.17, 15) is 0 Å². The van der Waals surface area contributed by atoms with Gasteiger partial charge in [0.2, 0.25) is 0 Å². The third-order valence-corrected chi connectivity index (χ3v) is 12.4. The molecule has 0 amide bonds. The van der Waals surface area contributed by atoms with Crippen LogP contribution in [0.25, 0.3) is 96.2 Å². The van der Waals surface area contributed by atoms with Gasteiger partial charge in [0.1, 0.15) is 0 Å². The molecule has 2 aliphatic rings. The lowest BCUT2D eigenvalue weighted by Gasteiger charge is -2.30. The van der Waals surface area contributed by atoms with E-state index in [2.05, 4.69) is 186 Å². The second-order valence-electron chi connectivity index (χ2n) is 16.0. The lowest BCUT2D eigenvalue weighted by atomic mass is 9.92. The number of para-hydroxylation sites is 1. The van der Waals surface area contributed by atoms with Gasteiger partial charge in [0.05, 0.1) is 16.6 Å². The average molecular weight is 842 g/mol. The molecule has 1 aliphatic carbocycles. The number of hydrogen-bond donors (Lipinski definition) is 1. The van der Waals surface area contributed by atoms with Crippen LogP contribution in [0.2, 0.25) is 0 Å². The lowest BCUT2D eigenvalue weighted by molar-refractivity contribution is 0.980. The quantitative estimate of drug-likeness (QED) is 0.175. The first-order chi connectivity index (χ1) is 31.7. The Morgan fingerprint density at radius 3 is 1.95 bits per heavy atom. The van der Waals surface area contributed by atoms with Gasteiger partial charge in [0.25, 0.3) is 0 Å². The first-order valence-corrected chi connectivity index (χ1v) is 22.5. The molecule has 0 N–H and O–H groups in total. The number of allylic oxidation sites excluding steroid dienone is 2. The molecular weight excluding hydrogens is 799 g/mol. The number of nitrogens with zero attached hydrogens (tertiary/aromatic N) is 5. The topological polar surface area (TPSA) is 46.8 Å². The minimum Gasteiger partial charge on any atom is -0.314 e. The van der Waals surface area contributed by atoms with Crippen molar-refractivity contribution in [2.24, 2.45) is 0 Å². The Morgan fingerprint density at radius 1 is 0.562 bits per heavy atom. The van der Waals surface area contributed by atoms with E-state index in [1.165, 1.54) is 27.6 Å². The SMILES string of the molecule is C=C1/C=c2\c(n(-c3cc(-c4nc(-c5ccccc5)nc(-c5ccccc5)n4)c4ccccc4c3)c3ccccc23)=C/N(c2cccc3c2CCC=C3)c2c1ccc1ccccc21.CS. The Balaban J connectivity index is 0.00000225. The van der Waals surface area contributed by atoms with Gasteiger partial charge in [-0.2, -0.15) is 12.6 Å². The van der Waals surface area contributed by atoms with E-state index in [4.69, 9.17) is 21.5 Å². The van der Waals surface area contributed by atoms with Crippen molar-refractivity contribution in [2.45, 2.75) is 12.8 Å². The number of thiol groups is 1. The highest BCUT2D eigenvalue weighted by Crippen LogP contribution is 2.43. The van der Waals surface area contributed by atoms with Crippen molar-refractivity contribution in [1.82, 2.24) is 19.5 Å². The fourth-order valence-electron chi connectivity index (χ4n) is 9.47. The van der Waals surface area contributed by atoms with E-state index in [1.807, 2.05) is 36.4 Å². The highest BCUT2D eigenvalue weighted by Gasteiger charge is 2.25. The Bertz CT molecular complexity index is 3550. The summed E-state index contributed by atoms with van der Waals surface area (Å²) in [5.74, 6) is 1.87. The molecule has 0 fully saturated rings. The zero-order chi connectivity index (χ0) is 43.1. The maximum absolute atomic E-state index is 5.23. The molecule has 0 bridgehead atoms. The average Bonchev–Trinajstić information content (AvgIpc) is 3.66. The molecule has 0 atom stereocenters. The molecule has 5 nitrogen and oxygen atoms in total. The first-order valence-electron chi connectivity index (χ1n) is 21.6. The van der Waals surface area contributed by atoms with E-state index in [0.717, 1.165) is 84.3 Å². The van der Waals surface area contributed by atoms with Crippen LogP contribution in [0, 0.1) is 0 Å². The zero-order valence-corrected chi connectivity index (χ0v) is 36.3. The number of benzene rings is 8. The van der Waals surface area contributed by atoms with Gasteiger partial charge < -0.3 is 9.47 Å². The summed E-state index contributed by atoms with van der Waals surface area (Å²) in [7, 11) is 0. The van der Waals surface area contributed by atoms with Gasteiger partial charge in [-0.15, -0.1) is 0 Å². The van der Waals surface area contributed by atoms with Crippen molar-refractivity contribution in [3.05, 3.63) is 216 Å². The standard InChI is InChI=1S/C57H39N5.CH4S/c1-37-33-49-48-28-14-15-29-52(48)62(53(49)36-61(51-30-16-24-38-17-8-12-26-46(38)51)54-44(37)32-31-39-18-9-13-27-47(39)54)43-34-42-23-10-11-25-45(42)50(35-43)57-59-55(40-19-4-2-5-20-40)58-56(60-57)41-21-6-3-7-22-41;1-2/h2-11,13-25,27-36H,1,12,26H2;2H,1H3/b49-33-,53-36+;. The predicted octanol–water partition coefficient (Wildman–Crippen LogP) is 13.0. The monoisotopic (exact) mass is 841 g/mol. The van der Waals surface area contributed by atoms with Crippen molar-refractivity contribution in [3.63, 3.8) is 0 Å². The molecule has 0 saturated carbocycles. The maximum atomic E-state index is 5.23. The molecule has 306 valence electrons. The summed E-state index contributed by atoms with van der Waals surface area (Å²) in [6, 6.07) is 62.1. The molecule has 12 rings (SSSR count). The second kappa shape index (κ2) is 16.5. The summed E-state index contributed by atoms with van der Waals surface area (Å²) in [4.78, 5) is 18.0. The van der Waals surface area contributed by atoms with E-state index in [1.54, 1.807) is 6.26 Å². The second-order valence-corrected chi connectivity index (χ2v) is 16.0. The predicted molar refractivity (Wildman–Crippen MR) is 272 cm³/mol. The summed E-state index contributed by atoms with van der Waals surface area (Å²) >= 11 is 3.53. The third-order valence-electron chi connectivity index (χ3n) is 12.4. The van der Waals surface area contributed by atoms with Crippen LogP contribution in [0.3, 0.4) is 0 Å². The van der Waals surface area contributed by atoms with Crippen LogP contribution in [-0.2, 0) is 6.42 Å². The Hall–Kier alpha value is -7.80. The van der Waals surface area contributed by atoms with Gasteiger partial charge in [-0.3, -0.25) is 0 Å². The smallest absolute Gasteiger partial charge is 0.164 e. The minimum atomic E-state index is 0.616. The van der Waals surface area contributed by atoms with Crippen LogP contribution in [-0.4, -0.2) is 25.8 Å². The molecule has 0 spiro atoms. The highest BCUT2D eigenvalue weighted by molar-refractivity contribution is 7.79. The fourth-order valence-corrected chi connectivity index (χ4v) is 9.47. The molecule has 6 heteroatoms. The van der Waals surface area contributed by atoms with Gasteiger partial charge in [0.15, 0.2) is 17.5 Å². The summed E-state index contributed by atoms with van der Waals surface area (Å²) in [5.41, 5.74) is 11.9. The highest BCUT2D eigenvalue weighted by atomic mass is 32.1. The minimum absolute atomic E-state index is 0.616. The van der Waals surface area contributed by atoms with Crippen LogP contribution in [0.15, 0.2) is 189 Å². The Kier molecular flexibility index (Phi) is 10.1. The van der Waals surface area contributed by atoms with Gasteiger partial charge in [0, 0.05) is 55.8 Å². The maximum Gasteiger partial charge on any atom is 0.164 e. The van der Waals surface area contributed by atoms with Crippen molar-refractivity contribution >= 4 is 80.4 Å². The van der Waals surface area contributed by atoms with Gasteiger partial charge >= 0.3 is 0 Å². The van der Waals surface area contributed by atoms with Gasteiger partial charge in [-0.05, 0) is 82.3 Å². The van der Waals surface area contributed by atoms with Crippen molar-refractivity contribution in [1.29, 1.82) is 0 Å². The Labute approximate surface area is 377 Å². The van der Waals surface area contributed by atoms with Crippen LogP contribution in [0.5, 0.6) is 0 Å². The van der Waals surface area contributed by atoms with Crippen LogP contribution < -0.4 is 15.5 Å². The molecule has 10 aromatic rings. The number of hydrogen-bond acceptors (Lipinski definition) is 5. The van der Waals surface area contributed by atoms with Gasteiger partial charge in [-0.25, -0.2) is 15.0 Å². The molecule has 0 saturated heterocycles. The number of fused-ring (bicyclic) bond motifs is 8. The first kappa shape index (κ1) is 39.1. The molecule has 3 heterocycles. The molecule has 0 radical (unpaired) electrons. The summed E-state index contributed by atoms with van der Waals surface area (Å²) in [6.45, 7) is 4.79. The Morgan fingerprint density at radius 2 is 1.20 bits per heavy atom. The van der Waals surface area contributed by atoms with E-state index in [0.29, 0.717) is 17.5 Å². The molecule has 2 aromatic heterocycles. The van der Waals surface area contributed by atoms with Crippen LogP contribution in [0.1, 0.15) is 23.1 Å². The van der Waals surface area contributed by atoms with Gasteiger partial charge in [-0.1, -0.05) is 170 Å². The molecule has 8 aromatic carbocycles. The normalized spacial score (nSPS) is 14.0. The lowest BCUT2D eigenvalue weighted by Crippen LogP contribution is -2.33.